The molecule has 3 N–H and O–H groups in total. The summed E-state index contributed by atoms with van der Waals surface area (Å²) in [5.41, 5.74) is 1.75. The summed E-state index contributed by atoms with van der Waals surface area (Å²) in [4.78, 5) is 18.5. The van der Waals surface area contributed by atoms with Crippen molar-refractivity contribution in [2.75, 3.05) is 43.1 Å². The van der Waals surface area contributed by atoms with Gasteiger partial charge in [0, 0.05) is 54.5 Å². The molecule has 1 aromatic heterocycles. The quantitative estimate of drug-likeness (QED) is 0.505. The van der Waals surface area contributed by atoms with Gasteiger partial charge in [0.05, 0.1) is 5.56 Å². The molecule has 1 aliphatic carbocycles. The van der Waals surface area contributed by atoms with Crippen LogP contribution in [0.5, 0.6) is 5.75 Å². The van der Waals surface area contributed by atoms with Crippen LogP contribution in [0.2, 0.25) is 0 Å². The smallest absolute Gasteiger partial charge is 0.354 e. The second kappa shape index (κ2) is 10.2. The molecule has 2 aromatic rings. The Labute approximate surface area is 186 Å². The number of hydrogen-bond donors (Lipinski definition) is 3. The van der Waals surface area contributed by atoms with Gasteiger partial charge in [0.1, 0.15) is 18.2 Å². The average Bonchev–Trinajstić information content (AvgIpc) is 2.73. The summed E-state index contributed by atoms with van der Waals surface area (Å²) < 4.78 is 6.12. The lowest BCUT2D eigenvalue weighted by Gasteiger charge is -2.29. The summed E-state index contributed by atoms with van der Waals surface area (Å²) in [6.45, 7) is 3.30. The van der Waals surface area contributed by atoms with Gasteiger partial charge >= 0.3 is 5.97 Å². The summed E-state index contributed by atoms with van der Waals surface area (Å²) in [5.74, 6) is 2.09. The number of hydrogen-bond acceptors (Lipinski definition) is 7. The van der Waals surface area contributed by atoms with Crippen molar-refractivity contribution >= 4 is 34.9 Å². The van der Waals surface area contributed by atoms with E-state index in [1.54, 1.807) is 0 Å². The van der Waals surface area contributed by atoms with E-state index in [2.05, 4.69) is 15.2 Å². The van der Waals surface area contributed by atoms with Gasteiger partial charge in [-0.3, -0.25) is 4.90 Å². The van der Waals surface area contributed by atoms with Gasteiger partial charge in [-0.05, 0) is 25.0 Å². The molecule has 0 unspecified atom stereocenters. The molecule has 1 saturated carbocycles. The third-order valence-electron chi connectivity index (χ3n) is 5.79. The normalized spacial score (nSPS) is 17.0. The summed E-state index contributed by atoms with van der Waals surface area (Å²) >= 11 is 1.96. The van der Waals surface area contributed by atoms with Crippen LogP contribution in [-0.2, 0) is 0 Å². The topological polar surface area (TPSA) is 98.5 Å². The Bertz CT molecular complexity index is 928. The highest BCUT2D eigenvalue weighted by Crippen LogP contribution is 2.37. The Kier molecular flexibility index (Phi) is 7.09. The Balaban J connectivity index is 1.64. The fourth-order valence-electron chi connectivity index (χ4n) is 3.76. The van der Waals surface area contributed by atoms with Gasteiger partial charge in [-0.15, -0.1) is 0 Å². The molecule has 2 fully saturated rings. The van der Waals surface area contributed by atoms with Gasteiger partial charge in [0.25, 0.3) is 0 Å². The minimum absolute atomic E-state index is 0.0898. The maximum atomic E-state index is 11.8. The van der Waals surface area contributed by atoms with Gasteiger partial charge in [0.2, 0.25) is 0 Å². The molecular formula is C23H28N4O3S. The minimum Gasteiger partial charge on any atom is -0.491 e. The third kappa shape index (κ3) is 5.37. The molecule has 0 amide bonds. The number of nitrogens with one attached hydrogen (secondary N) is 2. The molecule has 0 atom stereocenters. The van der Waals surface area contributed by atoms with E-state index < -0.39 is 5.97 Å². The molecule has 2 heterocycles. The monoisotopic (exact) mass is 440 g/mol. The van der Waals surface area contributed by atoms with Crippen molar-refractivity contribution in [1.82, 2.24) is 9.88 Å². The van der Waals surface area contributed by atoms with E-state index in [1.165, 1.54) is 6.07 Å². The number of aromatic nitrogens is 1. The fourth-order valence-corrected chi connectivity index (χ4v) is 4.74. The summed E-state index contributed by atoms with van der Waals surface area (Å²) in [6, 6.07) is 11.0. The largest absolute Gasteiger partial charge is 0.491 e. The summed E-state index contributed by atoms with van der Waals surface area (Å²) in [7, 11) is 0. The number of carbonyl (C=O) groups is 1. The van der Waals surface area contributed by atoms with E-state index in [1.807, 2.05) is 42.1 Å². The first-order chi connectivity index (χ1) is 15.1. The predicted molar refractivity (Wildman–Crippen MR) is 124 cm³/mol. The maximum absolute atomic E-state index is 11.8. The molecule has 0 bridgehead atoms. The van der Waals surface area contributed by atoms with Crippen molar-refractivity contribution in [1.29, 1.82) is 5.41 Å². The van der Waals surface area contributed by atoms with Crippen molar-refractivity contribution in [3.8, 4) is 5.75 Å². The van der Waals surface area contributed by atoms with E-state index >= 15 is 0 Å². The predicted octanol–water partition coefficient (Wildman–Crippen LogP) is 4.12. The second-order valence-corrected chi connectivity index (χ2v) is 9.09. The third-order valence-corrected chi connectivity index (χ3v) is 6.73. The maximum Gasteiger partial charge on any atom is 0.354 e. The van der Waals surface area contributed by atoms with Gasteiger partial charge in [-0.25, -0.2) is 9.78 Å². The second-order valence-electron chi connectivity index (χ2n) is 7.87. The van der Waals surface area contributed by atoms with Crippen molar-refractivity contribution in [2.24, 2.45) is 5.92 Å². The summed E-state index contributed by atoms with van der Waals surface area (Å²) in [6.07, 6.45) is 3.04. The highest BCUT2D eigenvalue weighted by Gasteiger charge is 2.29. The Morgan fingerprint density at radius 3 is 2.65 bits per heavy atom. The first-order valence-corrected chi connectivity index (χ1v) is 11.9. The number of rotatable bonds is 9. The summed E-state index contributed by atoms with van der Waals surface area (Å²) in [5, 5.41) is 21.7. The van der Waals surface area contributed by atoms with Crippen molar-refractivity contribution in [2.45, 2.75) is 19.3 Å². The van der Waals surface area contributed by atoms with Crippen LogP contribution in [-0.4, -0.2) is 64.4 Å². The number of thioether (sulfide) groups is 1. The molecule has 4 rings (SSSR count). The van der Waals surface area contributed by atoms with Crippen LogP contribution in [0.15, 0.2) is 36.4 Å². The van der Waals surface area contributed by atoms with Gasteiger partial charge in [-0.1, -0.05) is 24.6 Å². The minimum atomic E-state index is -1.12. The molecule has 7 nitrogen and oxygen atoms in total. The zero-order valence-corrected chi connectivity index (χ0v) is 18.3. The van der Waals surface area contributed by atoms with Gasteiger partial charge in [0.15, 0.2) is 5.69 Å². The molecule has 164 valence electrons. The van der Waals surface area contributed by atoms with Crippen LogP contribution in [0, 0.1) is 11.3 Å². The average molecular weight is 441 g/mol. The van der Waals surface area contributed by atoms with Crippen LogP contribution in [0.4, 0.5) is 11.5 Å². The van der Waals surface area contributed by atoms with Crippen LogP contribution in [0.1, 0.15) is 35.3 Å². The van der Waals surface area contributed by atoms with E-state index in [4.69, 9.17) is 10.1 Å². The lowest BCUT2D eigenvalue weighted by Crippen LogP contribution is -2.35. The molecule has 8 heteroatoms. The van der Waals surface area contributed by atoms with E-state index in [0.717, 1.165) is 56.1 Å². The zero-order chi connectivity index (χ0) is 21.6. The number of carboxylic acid groups (broad SMARTS) is 1. The molecule has 31 heavy (non-hydrogen) atoms. The van der Waals surface area contributed by atoms with Crippen molar-refractivity contribution in [3.05, 3.63) is 47.7 Å². The van der Waals surface area contributed by atoms with Crippen molar-refractivity contribution in [3.63, 3.8) is 0 Å². The first kappa shape index (κ1) is 21.6. The van der Waals surface area contributed by atoms with E-state index in [9.17, 15) is 9.90 Å². The van der Waals surface area contributed by atoms with Crippen molar-refractivity contribution < 1.29 is 14.6 Å². The molecule has 1 aromatic carbocycles. The standard InChI is InChI=1S/C23H28N4O3S/c24-21(16-5-4-6-16)20-19(30-12-9-27-10-13-31-14-11-27)15-18(23(28)29)26-22(20)25-17-7-2-1-3-8-17/h1-3,7-8,15-16,24H,4-6,9-14H2,(H,25,26)(H,28,29). The Morgan fingerprint density at radius 1 is 1.26 bits per heavy atom. The van der Waals surface area contributed by atoms with Crippen LogP contribution < -0.4 is 10.1 Å². The molecule has 2 aliphatic rings. The highest BCUT2D eigenvalue weighted by molar-refractivity contribution is 7.99. The number of nitrogens with zero attached hydrogens (tertiary/aromatic N) is 2. The molecule has 1 aliphatic heterocycles. The van der Waals surface area contributed by atoms with E-state index in [-0.39, 0.29) is 11.6 Å². The number of ether oxygens (including phenoxy) is 1. The van der Waals surface area contributed by atoms with Gasteiger partial charge < -0.3 is 20.6 Å². The number of para-hydroxylation sites is 1. The number of anilines is 2. The molecule has 1 saturated heterocycles. The lowest BCUT2D eigenvalue weighted by atomic mass is 9.79. The molecule has 0 radical (unpaired) electrons. The number of aromatic carboxylic acids is 1. The Morgan fingerprint density at radius 2 is 2.00 bits per heavy atom. The Hall–Kier alpha value is -2.58. The van der Waals surface area contributed by atoms with Crippen LogP contribution in [0.3, 0.4) is 0 Å². The fraction of sp³-hybridized carbons (Fsp3) is 0.435. The number of carboxylic acids is 1. The number of pyridine rings is 1. The first-order valence-electron chi connectivity index (χ1n) is 10.7. The van der Waals surface area contributed by atoms with Crippen LogP contribution >= 0.6 is 11.8 Å². The molecular weight excluding hydrogens is 412 g/mol. The lowest BCUT2D eigenvalue weighted by molar-refractivity contribution is 0.0690. The SMILES string of the molecule is N=C(c1c(OCCN2CCSCC2)cc(C(=O)O)nc1Nc1ccccc1)C1CCC1. The number of benzene rings is 1. The van der Waals surface area contributed by atoms with E-state index in [0.29, 0.717) is 29.4 Å². The van der Waals surface area contributed by atoms with Crippen LogP contribution in [0.25, 0.3) is 0 Å². The molecule has 0 spiro atoms. The zero-order valence-electron chi connectivity index (χ0n) is 17.5. The van der Waals surface area contributed by atoms with Gasteiger partial charge in [-0.2, -0.15) is 11.8 Å². The highest BCUT2D eigenvalue weighted by atomic mass is 32.2.